The van der Waals surface area contributed by atoms with Crippen LogP contribution in [0.25, 0.3) is 11.1 Å². The van der Waals surface area contributed by atoms with E-state index in [-0.39, 0.29) is 5.56 Å². The smallest absolute Gasteiger partial charge is 0.271 e. The second kappa shape index (κ2) is 4.18. The Hall–Kier alpha value is -2.10. The topological polar surface area (TPSA) is 57.8 Å². The molecule has 4 heteroatoms. The first-order valence-corrected chi connectivity index (χ1v) is 5.04. The zero-order chi connectivity index (χ0) is 11.5. The third-order valence-corrected chi connectivity index (χ3v) is 2.48. The van der Waals surface area contributed by atoms with E-state index in [2.05, 4.69) is 15.3 Å². The van der Waals surface area contributed by atoms with Crippen LogP contribution in [0.4, 0.5) is 5.69 Å². The van der Waals surface area contributed by atoms with Crippen molar-refractivity contribution in [3.63, 3.8) is 0 Å². The standard InChI is InChI=1S/C12H13N3O/c1-8-10(9-4-3-5-14-7-9)6-11(13-2)12(16)15-8/h3-7,13H,1-2H3,(H,15,16). The first-order chi connectivity index (χ1) is 7.72. The first-order valence-electron chi connectivity index (χ1n) is 5.04. The van der Waals surface area contributed by atoms with Gasteiger partial charge in [0.05, 0.1) is 0 Å². The summed E-state index contributed by atoms with van der Waals surface area (Å²) in [4.78, 5) is 18.4. The van der Waals surface area contributed by atoms with Gasteiger partial charge in [0, 0.05) is 36.3 Å². The summed E-state index contributed by atoms with van der Waals surface area (Å²) in [7, 11) is 1.73. The van der Waals surface area contributed by atoms with E-state index in [1.54, 1.807) is 19.4 Å². The van der Waals surface area contributed by atoms with Crippen molar-refractivity contribution in [1.29, 1.82) is 0 Å². The van der Waals surface area contributed by atoms with Crippen LogP contribution in [0.3, 0.4) is 0 Å². The summed E-state index contributed by atoms with van der Waals surface area (Å²) >= 11 is 0. The molecule has 0 saturated carbocycles. The lowest BCUT2D eigenvalue weighted by molar-refractivity contribution is 1.14. The summed E-state index contributed by atoms with van der Waals surface area (Å²) in [6.45, 7) is 1.88. The van der Waals surface area contributed by atoms with Crippen LogP contribution in [-0.2, 0) is 0 Å². The van der Waals surface area contributed by atoms with Crippen LogP contribution in [0.2, 0.25) is 0 Å². The Morgan fingerprint density at radius 2 is 2.25 bits per heavy atom. The number of hydrogen-bond donors (Lipinski definition) is 2. The highest BCUT2D eigenvalue weighted by atomic mass is 16.1. The third-order valence-electron chi connectivity index (χ3n) is 2.48. The van der Waals surface area contributed by atoms with E-state index in [1.165, 1.54) is 0 Å². The predicted octanol–water partition coefficient (Wildman–Crippen LogP) is 1.79. The lowest BCUT2D eigenvalue weighted by Gasteiger charge is -2.07. The van der Waals surface area contributed by atoms with Crippen molar-refractivity contribution in [2.24, 2.45) is 0 Å². The Morgan fingerprint density at radius 3 is 2.88 bits per heavy atom. The van der Waals surface area contributed by atoms with Crippen molar-refractivity contribution in [1.82, 2.24) is 9.97 Å². The molecular weight excluding hydrogens is 202 g/mol. The molecule has 0 aliphatic rings. The lowest BCUT2D eigenvalue weighted by Crippen LogP contribution is -2.13. The van der Waals surface area contributed by atoms with Crippen molar-refractivity contribution >= 4 is 5.69 Å². The van der Waals surface area contributed by atoms with Crippen LogP contribution in [-0.4, -0.2) is 17.0 Å². The van der Waals surface area contributed by atoms with E-state index < -0.39 is 0 Å². The summed E-state index contributed by atoms with van der Waals surface area (Å²) in [5, 5.41) is 2.87. The van der Waals surface area contributed by atoms with E-state index in [0.717, 1.165) is 16.8 Å². The maximum Gasteiger partial charge on any atom is 0.271 e. The molecule has 0 radical (unpaired) electrons. The number of hydrogen-bond acceptors (Lipinski definition) is 3. The zero-order valence-electron chi connectivity index (χ0n) is 9.24. The Morgan fingerprint density at radius 1 is 1.44 bits per heavy atom. The molecule has 0 amide bonds. The predicted molar refractivity (Wildman–Crippen MR) is 64.6 cm³/mol. The monoisotopic (exact) mass is 215 g/mol. The van der Waals surface area contributed by atoms with Crippen LogP contribution in [0.15, 0.2) is 35.4 Å². The second-order valence-corrected chi connectivity index (χ2v) is 3.54. The molecule has 0 bridgehead atoms. The van der Waals surface area contributed by atoms with Gasteiger partial charge in [-0.25, -0.2) is 0 Å². The molecule has 2 heterocycles. The molecule has 0 atom stereocenters. The lowest BCUT2D eigenvalue weighted by atomic mass is 10.1. The second-order valence-electron chi connectivity index (χ2n) is 3.54. The van der Waals surface area contributed by atoms with Gasteiger partial charge in [0.2, 0.25) is 0 Å². The number of H-pyrrole nitrogens is 1. The van der Waals surface area contributed by atoms with Crippen LogP contribution in [0, 0.1) is 6.92 Å². The van der Waals surface area contributed by atoms with Gasteiger partial charge in [0.1, 0.15) is 5.69 Å². The molecule has 82 valence electrons. The van der Waals surface area contributed by atoms with Gasteiger partial charge in [-0.15, -0.1) is 0 Å². The molecule has 0 aliphatic heterocycles. The number of aromatic amines is 1. The van der Waals surface area contributed by atoms with E-state index in [0.29, 0.717) is 5.69 Å². The highest BCUT2D eigenvalue weighted by molar-refractivity contribution is 5.68. The number of nitrogens with one attached hydrogen (secondary N) is 2. The van der Waals surface area contributed by atoms with E-state index >= 15 is 0 Å². The van der Waals surface area contributed by atoms with Gasteiger partial charge in [-0.05, 0) is 19.1 Å². The number of aryl methyl sites for hydroxylation is 1. The molecule has 0 saturated heterocycles. The fourth-order valence-electron chi connectivity index (χ4n) is 1.63. The summed E-state index contributed by atoms with van der Waals surface area (Å²) in [6.07, 6.45) is 3.50. The maximum atomic E-state index is 11.5. The quantitative estimate of drug-likeness (QED) is 0.803. The van der Waals surface area contributed by atoms with E-state index in [4.69, 9.17) is 0 Å². The normalized spacial score (nSPS) is 10.1. The number of anilines is 1. The van der Waals surface area contributed by atoms with Gasteiger partial charge in [-0.1, -0.05) is 6.07 Å². The van der Waals surface area contributed by atoms with Crippen molar-refractivity contribution in [3.8, 4) is 11.1 Å². The van der Waals surface area contributed by atoms with Gasteiger partial charge in [-0.2, -0.15) is 0 Å². The zero-order valence-corrected chi connectivity index (χ0v) is 9.24. The molecule has 0 fully saturated rings. The highest BCUT2D eigenvalue weighted by Crippen LogP contribution is 2.21. The molecule has 4 nitrogen and oxygen atoms in total. The van der Waals surface area contributed by atoms with Crippen molar-refractivity contribution in [3.05, 3.63) is 46.6 Å². The van der Waals surface area contributed by atoms with Crippen LogP contribution >= 0.6 is 0 Å². The molecule has 2 aromatic heterocycles. The largest absolute Gasteiger partial charge is 0.384 e. The molecule has 0 aromatic carbocycles. The fraction of sp³-hybridized carbons (Fsp3) is 0.167. The van der Waals surface area contributed by atoms with Gasteiger partial charge in [0.25, 0.3) is 5.56 Å². The SMILES string of the molecule is CNc1cc(-c2cccnc2)c(C)[nH]c1=O. The molecule has 2 N–H and O–H groups in total. The van der Waals surface area contributed by atoms with Crippen LogP contribution < -0.4 is 10.9 Å². The Balaban J connectivity index is 2.62. The number of nitrogens with zero attached hydrogens (tertiary/aromatic N) is 1. The van der Waals surface area contributed by atoms with E-state index in [1.807, 2.05) is 25.1 Å². The van der Waals surface area contributed by atoms with Crippen molar-refractivity contribution < 1.29 is 0 Å². The number of aromatic nitrogens is 2. The number of rotatable bonds is 2. The van der Waals surface area contributed by atoms with Crippen LogP contribution in [0.1, 0.15) is 5.69 Å². The first kappa shape index (κ1) is 10.4. The molecule has 0 aliphatic carbocycles. The summed E-state index contributed by atoms with van der Waals surface area (Å²) in [6, 6.07) is 5.68. The summed E-state index contributed by atoms with van der Waals surface area (Å²) in [5.74, 6) is 0. The summed E-state index contributed by atoms with van der Waals surface area (Å²) < 4.78 is 0. The maximum absolute atomic E-state index is 11.5. The molecular formula is C12H13N3O. The van der Waals surface area contributed by atoms with E-state index in [9.17, 15) is 4.79 Å². The molecule has 2 rings (SSSR count). The van der Waals surface area contributed by atoms with Crippen molar-refractivity contribution in [2.45, 2.75) is 6.92 Å². The van der Waals surface area contributed by atoms with Crippen molar-refractivity contribution in [2.75, 3.05) is 12.4 Å². The molecule has 0 spiro atoms. The minimum Gasteiger partial charge on any atom is -0.384 e. The summed E-state index contributed by atoms with van der Waals surface area (Å²) in [5.41, 5.74) is 3.28. The van der Waals surface area contributed by atoms with Gasteiger partial charge >= 0.3 is 0 Å². The van der Waals surface area contributed by atoms with Crippen LogP contribution in [0.5, 0.6) is 0 Å². The van der Waals surface area contributed by atoms with Gasteiger partial charge in [0.15, 0.2) is 0 Å². The number of pyridine rings is 2. The molecule has 2 aromatic rings. The Labute approximate surface area is 93.4 Å². The van der Waals surface area contributed by atoms with Gasteiger partial charge in [-0.3, -0.25) is 9.78 Å². The Kier molecular flexibility index (Phi) is 2.72. The minimum absolute atomic E-state index is 0.104. The molecule has 16 heavy (non-hydrogen) atoms. The minimum atomic E-state index is -0.104. The average Bonchev–Trinajstić information content (AvgIpc) is 2.30. The highest BCUT2D eigenvalue weighted by Gasteiger charge is 2.06. The Bertz CT molecular complexity index is 546. The van der Waals surface area contributed by atoms with Gasteiger partial charge < -0.3 is 10.3 Å². The molecule has 0 unspecified atom stereocenters. The third kappa shape index (κ3) is 1.82. The average molecular weight is 215 g/mol. The fourth-order valence-corrected chi connectivity index (χ4v) is 1.63.